The summed E-state index contributed by atoms with van der Waals surface area (Å²) in [5, 5.41) is 18.3. The van der Waals surface area contributed by atoms with Crippen LogP contribution in [0.1, 0.15) is 5.69 Å². The quantitative estimate of drug-likeness (QED) is 0.834. The average molecular weight is 230 g/mol. The van der Waals surface area contributed by atoms with Gasteiger partial charge in [-0.1, -0.05) is 12.1 Å². The number of benzene rings is 1. The second kappa shape index (κ2) is 4.61. The van der Waals surface area contributed by atoms with Crippen LogP contribution in [-0.4, -0.2) is 26.2 Å². The Bertz CT molecular complexity index is 555. The minimum absolute atomic E-state index is 0.0694. The largest absolute Gasteiger partial charge is 0.507 e. The van der Waals surface area contributed by atoms with E-state index in [0.717, 1.165) is 0 Å². The molecule has 0 saturated heterocycles. The van der Waals surface area contributed by atoms with Gasteiger partial charge in [-0.05, 0) is 18.2 Å². The van der Waals surface area contributed by atoms with Gasteiger partial charge in [-0.3, -0.25) is 4.79 Å². The first-order chi connectivity index (χ1) is 8.16. The minimum atomic E-state index is -0.952. The predicted molar refractivity (Wildman–Crippen MR) is 60.5 cm³/mol. The molecule has 0 spiro atoms. The van der Waals surface area contributed by atoms with E-state index >= 15 is 0 Å². The van der Waals surface area contributed by atoms with Crippen LogP contribution >= 0.6 is 0 Å². The maximum atomic E-state index is 10.6. The van der Waals surface area contributed by atoms with E-state index in [4.69, 9.17) is 5.11 Å². The van der Waals surface area contributed by atoms with Crippen LogP contribution in [0.15, 0.2) is 36.5 Å². The van der Waals surface area contributed by atoms with E-state index in [9.17, 15) is 9.90 Å². The van der Waals surface area contributed by atoms with Crippen molar-refractivity contribution in [1.29, 1.82) is 0 Å². The summed E-state index contributed by atoms with van der Waals surface area (Å²) in [5.41, 5.74) is 0.894. The van der Waals surface area contributed by atoms with E-state index in [1.165, 1.54) is 18.3 Å². The molecule has 0 saturated carbocycles. The fourth-order valence-electron chi connectivity index (χ4n) is 1.44. The number of carboxylic acid groups (broad SMARTS) is 1. The molecule has 2 rings (SSSR count). The second-order valence-corrected chi connectivity index (χ2v) is 3.46. The zero-order chi connectivity index (χ0) is 12.3. The monoisotopic (exact) mass is 230 g/mol. The van der Waals surface area contributed by atoms with Crippen molar-refractivity contribution >= 4 is 5.97 Å². The van der Waals surface area contributed by atoms with Gasteiger partial charge in [-0.2, -0.15) is 0 Å². The van der Waals surface area contributed by atoms with Crippen LogP contribution in [0.4, 0.5) is 0 Å². The fraction of sp³-hybridized carbons (Fsp3) is 0.0833. The average Bonchev–Trinajstić information content (AvgIpc) is 2.29. The summed E-state index contributed by atoms with van der Waals surface area (Å²) < 4.78 is 0. The number of aromatic hydroxyl groups is 1. The topological polar surface area (TPSA) is 83.3 Å². The van der Waals surface area contributed by atoms with E-state index in [0.29, 0.717) is 17.1 Å². The molecule has 0 atom stereocenters. The summed E-state index contributed by atoms with van der Waals surface area (Å²) in [4.78, 5) is 18.7. The van der Waals surface area contributed by atoms with Gasteiger partial charge in [0, 0.05) is 6.20 Å². The molecule has 1 aromatic heterocycles. The first-order valence-electron chi connectivity index (χ1n) is 4.99. The zero-order valence-electron chi connectivity index (χ0n) is 8.87. The summed E-state index contributed by atoms with van der Waals surface area (Å²) >= 11 is 0. The highest BCUT2D eigenvalue weighted by molar-refractivity contribution is 5.70. The standard InChI is InChI=1S/C12H10N2O3/c15-10-4-2-1-3-9(10)12-13-6-5-8(14-12)7-11(16)17/h1-6,15H,7H2,(H,16,17). The van der Waals surface area contributed by atoms with Crippen LogP contribution in [0.25, 0.3) is 11.4 Å². The number of rotatable bonds is 3. The molecule has 0 aliphatic carbocycles. The Labute approximate surface area is 97.4 Å². The highest BCUT2D eigenvalue weighted by Crippen LogP contribution is 2.25. The zero-order valence-corrected chi connectivity index (χ0v) is 8.87. The van der Waals surface area contributed by atoms with Crippen molar-refractivity contribution in [2.45, 2.75) is 6.42 Å². The molecule has 0 fully saturated rings. The van der Waals surface area contributed by atoms with Gasteiger partial charge in [0.25, 0.3) is 0 Å². The Morgan fingerprint density at radius 2 is 2.00 bits per heavy atom. The third-order valence-electron chi connectivity index (χ3n) is 2.19. The van der Waals surface area contributed by atoms with E-state index in [1.807, 2.05) is 0 Å². The molecule has 0 radical (unpaired) electrons. The number of aliphatic carboxylic acids is 1. The molecule has 5 heteroatoms. The lowest BCUT2D eigenvalue weighted by atomic mass is 10.2. The van der Waals surface area contributed by atoms with Crippen LogP contribution in [0.2, 0.25) is 0 Å². The fourth-order valence-corrected chi connectivity index (χ4v) is 1.44. The lowest BCUT2D eigenvalue weighted by molar-refractivity contribution is -0.136. The lowest BCUT2D eigenvalue weighted by Crippen LogP contribution is -2.03. The molecular formula is C12H10N2O3. The van der Waals surface area contributed by atoms with E-state index in [-0.39, 0.29) is 12.2 Å². The Morgan fingerprint density at radius 1 is 1.24 bits per heavy atom. The number of carboxylic acids is 1. The number of para-hydroxylation sites is 1. The molecule has 0 aliphatic rings. The van der Waals surface area contributed by atoms with Crippen LogP contribution in [0.5, 0.6) is 5.75 Å². The highest BCUT2D eigenvalue weighted by atomic mass is 16.4. The van der Waals surface area contributed by atoms with Crippen molar-refractivity contribution in [3.8, 4) is 17.1 Å². The van der Waals surface area contributed by atoms with Crippen molar-refractivity contribution in [3.63, 3.8) is 0 Å². The molecule has 1 aromatic carbocycles. The molecule has 2 N–H and O–H groups in total. The lowest BCUT2D eigenvalue weighted by Gasteiger charge is -2.03. The van der Waals surface area contributed by atoms with Gasteiger partial charge in [0.1, 0.15) is 5.75 Å². The number of phenols is 1. The van der Waals surface area contributed by atoms with Gasteiger partial charge in [0.05, 0.1) is 17.7 Å². The summed E-state index contributed by atoms with van der Waals surface area (Å²) in [6.07, 6.45) is 1.32. The summed E-state index contributed by atoms with van der Waals surface area (Å²) in [5.74, 6) is -0.561. The Kier molecular flexibility index (Phi) is 3.00. The molecule has 0 unspecified atom stereocenters. The number of nitrogens with zero attached hydrogens (tertiary/aromatic N) is 2. The molecule has 0 amide bonds. The summed E-state index contributed by atoms with van der Waals surface area (Å²) in [6, 6.07) is 8.19. The molecule has 17 heavy (non-hydrogen) atoms. The number of carbonyl (C=O) groups is 1. The molecule has 0 bridgehead atoms. The number of hydrogen-bond acceptors (Lipinski definition) is 4. The molecule has 86 valence electrons. The van der Waals surface area contributed by atoms with Gasteiger partial charge in [0.15, 0.2) is 5.82 Å². The Hall–Kier alpha value is -2.43. The summed E-state index contributed by atoms with van der Waals surface area (Å²) in [6.45, 7) is 0. The van der Waals surface area contributed by atoms with Crippen molar-refractivity contribution in [1.82, 2.24) is 9.97 Å². The van der Waals surface area contributed by atoms with Gasteiger partial charge in [0.2, 0.25) is 0 Å². The predicted octanol–water partition coefficient (Wildman–Crippen LogP) is 1.48. The number of hydrogen-bond donors (Lipinski definition) is 2. The molecular weight excluding hydrogens is 220 g/mol. The van der Waals surface area contributed by atoms with Crippen LogP contribution in [0.3, 0.4) is 0 Å². The van der Waals surface area contributed by atoms with Crippen LogP contribution < -0.4 is 0 Å². The third-order valence-corrected chi connectivity index (χ3v) is 2.19. The maximum absolute atomic E-state index is 10.6. The van der Waals surface area contributed by atoms with Gasteiger partial charge < -0.3 is 10.2 Å². The van der Waals surface area contributed by atoms with Crippen LogP contribution in [0, 0.1) is 0 Å². The minimum Gasteiger partial charge on any atom is -0.507 e. The first kappa shape index (κ1) is 11.1. The van der Waals surface area contributed by atoms with Crippen LogP contribution in [-0.2, 0) is 11.2 Å². The van der Waals surface area contributed by atoms with Crippen molar-refractivity contribution in [2.24, 2.45) is 0 Å². The molecule has 0 aliphatic heterocycles. The normalized spacial score (nSPS) is 10.1. The van der Waals surface area contributed by atoms with Gasteiger partial charge in [-0.15, -0.1) is 0 Å². The van der Waals surface area contributed by atoms with E-state index in [2.05, 4.69) is 9.97 Å². The highest BCUT2D eigenvalue weighted by Gasteiger charge is 2.08. The third kappa shape index (κ3) is 2.57. The summed E-state index contributed by atoms with van der Waals surface area (Å²) in [7, 11) is 0. The Morgan fingerprint density at radius 3 is 2.71 bits per heavy atom. The smallest absolute Gasteiger partial charge is 0.309 e. The van der Waals surface area contributed by atoms with E-state index in [1.54, 1.807) is 18.2 Å². The maximum Gasteiger partial charge on any atom is 0.309 e. The van der Waals surface area contributed by atoms with Crippen molar-refractivity contribution < 1.29 is 15.0 Å². The molecule has 1 heterocycles. The molecule has 5 nitrogen and oxygen atoms in total. The van der Waals surface area contributed by atoms with Gasteiger partial charge in [-0.25, -0.2) is 9.97 Å². The van der Waals surface area contributed by atoms with Crippen molar-refractivity contribution in [3.05, 3.63) is 42.2 Å². The Balaban J connectivity index is 2.40. The number of aromatic nitrogens is 2. The van der Waals surface area contributed by atoms with E-state index < -0.39 is 5.97 Å². The van der Waals surface area contributed by atoms with Gasteiger partial charge >= 0.3 is 5.97 Å². The molecule has 2 aromatic rings. The van der Waals surface area contributed by atoms with Crippen molar-refractivity contribution in [2.75, 3.05) is 0 Å². The number of phenolic OH excluding ortho intramolecular Hbond substituents is 1. The second-order valence-electron chi connectivity index (χ2n) is 3.46. The SMILES string of the molecule is O=C(O)Cc1ccnc(-c2ccccc2O)n1. The first-order valence-corrected chi connectivity index (χ1v) is 4.99.